The van der Waals surface area contributed by atoms with Crippen LogP contribution in [0, 0.1) is 28.1 Å². The summed E-state index contributed by atoms with van der Waals surface area (Å²) >= 11 is 0. The molecule has 0 N–H and O–H groups in total. The highest BCUT2D eigenvalue weighted by molar-refractivity contribution is 5.88. The zero-order chi connectivity index (χ0) is 18.1. The third kappa shape index (κ3) is 2.02. The lowest BCUT2D eigenvalue weighted by Gasteiger charge is -2.48. The molecule has 5 nitrogen and oxygen atoms in total. The fourth-order valence-electron chi connectivity index (χ4n) is 6.05. The van der Waals surface area contributed by atoms with Crippen molar-refractivity contribution in [2.45, 2.75) is 73.0 Å². The molecule has 3 aliphatic carbocycles. The molecule has 0 aromatic heterocycles. The van der Waals surface area contributed by atoms with Crippen molar-refractivity contribution < 1.29 is 23.9 Å². The summed E-state index contributed by atoms with van der Waals surface area (Å²) in [6.45, 7) is 11.2. The SMILES string of the molecule is CC(=O)OC1C2C3C(=O)CC1(C)C3(C)CC[C@@H](OC(C)=O)C2(C)C. The number of hydrogen-bond donors (Lipinski definition) is 0. The molecule has 3 fully saturated rings. The van der Waals surface area contributed by atoms with Crippen LogP contribution in [0.15, 0.2) is 0 Å². The molecular formula is C19H28O5. The monoisotopic (exact) mass is 336 g/mol. The van der Waals surface area contributed by atoms with Gasteiger partial charge in [-0.05, 0) is 18.3 Å². The van der Waals surface area contributed by atoms with Crippen molar-refractivity contribution in [3.05, 3.63) is 0 Å². The highest BCUT2D eigenvalue weighted by Gasteiger charge is 2.76. The Kier molecular flexibility index (Phi) is 3.67. The van der Waals surface area contributed by atoms with E-state index in [1.807, 2.05) is 13.8 Å². The minimum Gasteiger partial charge on any atom is -0.462 e. The fraction of sp³-hybridized carbons (Fsp3) is 0.842. The Morgan fingerprint density at radius 1 is 1.00 bits per heavy atom. The van der Waals surface area contributed by atoms with Crippen LogP contribution in [-0.2, 0) is 23.9 Å². The molecule has 24 heavy (non-hydrogen) atoms. The summed E-state index contributed by atoms with van der Waals surface area (Å²) < 4.78 is 11.4. The van der Waals surface area contributed by atoms with Gasteiger partial charge in [0.2, 0.25) is 0 Å². The number of esters is 2. The molecule has 3 rings (SSSR count). The van der Waals surface area contributed by atoms with E-state index >= 15 is 0 Å². The van der Waals surface area contributed by atoms with E-state index in [2.05, 4.69) is 13.8 Å². The third-order valence-electron chi connectivity index (χ3n) is 7.41. The number of carbonyl (C=O) groups is 3. The molecule has 6 atom stereocenters. The van der Waals surface area contributed by atoms with Crippen LogP contribution in [0.3, 0.4) is 0 Å². The second-order valence-corrected chi connectivity index (χ2v) is 8.97. The first-order valence-corrected chi connectivity index (χ1v) is 8.82. The summed E-state index contributed by atoms with van der Waals surface area (Å²) in [6.07, 6.45) is 1.44. The molecule has 0 spiro atoms. The smallest absolute Gasteiger partial charge is 0.302 e. The average molecular weight is 336 g/mol. The molecule has 0 aliphatic heterocycles. The first-order chi connectivity index (χ1) is 10.9. The Balaban J connectivity index is 2.11. The van der Waals surface area contributed by atoms with Crippen LogP contribution in [0.1, 0.15) is 60.8 Å². The predicted octanol–water partition coefficient (Wildman–Crippen LogP) is 2.90. The summed E-state index contributed by atoms with van der Waals surface area (Å²) in [5, 5.41) is 0. The molecule has 0 amide bonds. The Morgan fingerprint density at radius 2 is 1.58 bits per heavy atom. The van der Waals surface area contributed by atoms with Crippen LogP contribution in [0.2, 0.25) is 0 Å². The van der Waals surface area contributed by atoms with Gasteiger partial charge in [-0.25, -0.2) is 0 Å². The van der Waals surface area contributed by atoms with Gasteiger partial charge >= 0.3 is 11.9 Å². The van der Waals surface area contributed by atoms with Gasteiger partial charge in [0, 0.05) is 42.9 Å². The summed E-state index contributed by atoms with van der Waals surface area (Å²) in [5.74, 6) is -0.603. The maximum atomic E-state index is 12.8. The maximum absolute atomic E-state index is 12.8. The molecule has 4 bridgehead atoms. The van der Waals surface area contributed by atoms with E-state index in [1.165, 1.54) is 13.8 Å². The first-order valence-electron chi connectivity index (χ1n) is 8.82. The number of rotatable bonds is 2. The van der Waals surface area contributed by atoms with Crippen molar-refractivity contribution in [2.75, 3.05) is 0 Å². The molecule has 0 saturated heterocycles. The third-order valence-corrected chi connectivity index (χ3v) is 7.41. The molecule has 134 valence electrons. The highest BCUT2D eigenvalue weighted by atomic mass is 16.6. The molecular weight excluding hydrogens is 308 g/mol. The van der Waals surface area contributed by atoms with E-state index in [1.54, 1.807) is 0 Å². The van der Waals surface area contributed by atoms with Crippen LogP contribution in [-0.4, -0.2) is 29.9 Å². The van der Waals surface area contributed by atoms with Crippen molar-refractivity contribution in [3.8, 4) is 0 Å². The average Bonchev–Trinajstić information content (AvgIpc) is 2.68. The lowest BCUT2D eigenvalue weighted by Crippen LogP contribution is -2.52. The minimum atomic E-state index is -0.429. The van der Waals surface area contributed by atoms with Crippen molar-refractivity contribution in [1.82, 2.24) is 0 Å². The van der Waals surface area contributed by atoms with Gasteiger partial charge in [0.1, 0.15) is 18.0 Å². The molecule has 3 aliphatic rings. The van der Waals surface area contributed by atoms with Crippen LogP contribution < -0.4 is 0 Å². The Labute approximate surface area is 143 Å². The number of Topliss-reactive ketones (excluding diaryl/α,β-unsaturated/α-hetero) is 1. The largest absolute Gasteiger partial charge is 0.462 e. The van der Waals surface area contributed by atoms with Crippen LogP contribution in [0.25, 0.3) is 0 Å². The van der Waals surface area contributed by atoms with Crippen LogP contribution in [0.5, 0.6) is 0 Å². The van der Waals surface area contributed by atoms with E-state index in [0.29, 0.717) is 6.42 Å². The number of carbonyl (C=O) groups excluding carboxylic acids is 3. The minimum absolute atomic E-state index is 0.121. The van der Waals surface area contributed by atoms with E-state index in [0.717, 1.165) is 12.8 Å². The second kappa shape index (κ2) is 5.06. The first kappa shape index (κ1) is 17.4. The zero-order valence-electron chi connectivity index (χ0n) is 15.5. The van der Waals surface area contributed by atoms with Gasteiger partial charge in [-0.2, -0.15) is 0 Å². The highest BCUT2D eigenvalue weighted by Crippen LogP contribution is 2.73. The van der Waals surface area contributed by atoms with Crippen LogP contribution >= 0.6 is 0 Å². The molecule has 5 heteroatoms. The lowest BCUT2D eigenvalue weighted by molar-refractivity contribution is -0.178. The summed E-state index contributed by atoms with van der Waals surface area (Å²) in [4.78, 5) is 36.1. The maximum Gasteiger partial charge on any atom is 0.302 e. The molecule has 0 heterocycles. The predicted molar refractivity (Wildman–Crippen MR) is 86.9 cm³/mol. The van der Waals surface area contributed by atoms with Gasteiger partial charge in [0.15, 0.2) is 0 Å². The topological polar surface area (TPSA) is 69.7 Å². The Morgan fingerprint density at radius 3 is 2.12 bits per heavy atom. The van der Waals surface area contributed by atoms with Gasteiger partial charge in [-0.1, -0.05) is 27.7 Å². The number of hydrogen-bond acceptors (Lipinski definition) is 5. The van der Waals surface area contributed by atoms with Crippen LogP contribution in [0.4, 0.5) is 0 Å². The van der Waals surface area contributed by atoms with Gasteiger partial charge in [0.25, 0.3) is 0 Å². The Bertz CT molecular complexity index is 609. The van der Waals surface area contributed by atoms with E-state index in [9.17, 15) is 14.4 Å². The molecule has 5 unspecified atom stereocenters. The summed E-state index contributed by atoms with van der Waals surface area (Å²) in [6, 6.07) is 0. The van der Waals surface area contributed by atoms with E-state index < -0.39 is 5.41 Å². The molecule has 3 saturated carbocycles. The molecule has 0 radical (unpaired) electrons. The van der Waals surface area contributed by atoms with Gasteiger partial charge in [-0.15, -0.1) is 0 Å². The van der Waals surface area contributed by atoms with Gasteiger partial charge in [-0.3, -0.25) is 14.4 Å². The van der Waals surface area contributed by atoms with E-state index in [-0.39, 0.29) is 52.6 Å². The van der Waals surface area contributed by atoms with Gasteiger partial charge in [0.05, 0.1) is 0 Å². The fourth-order valence-corrected chi connectivity index (χ4v) is 6.05. The number of ether oxygens (including phenoxy) is 2. The lowest BCUT2D eigenvalue weighted by atomic mass is 9.62. The summed E-state index contributed by atoms with van der Waals surface area (Å²) in [7, 11) is 0. The van der Waals surface area contributed by atoms with Crippen molar-refractivity contribution in [3.63, 3.8) is 0 Å². The van der Waals surface area contributed by atoms with Gasteiger partial charge < -0.3 is 9.47 Å². The molecule has 0 aromatic carbocycles. The normalized spacial score (nSPS) is 45.7. The van der Waals surface area contributed by atoms with E-state index in [4.69, 9.17) is 9.47 Å². The van der Waals surface area contributed by atoms with Crippen molar-refractivity contribution in [2.24, 2.45) is 28.1 Å². The molecule has 0 aromatic rings. The summed E-state index contributed by atoms with van der Waals surface area (Å²) in [5.41, 5.74) is -0.993. The Hall–Kier alpha value is -1.39. The standard InChI is InChI=1S/C19H28O5/c1-10(20)23-13-7-8-18(5)14-12(22)9-19(18,6)16(24-11(2)21)15(14)17(13,3)4/h13-16H,7-9H2,1-6H3/t13-,14?,15?,16?,18?,19?/m1/s1. The number of ketones is 1. The zero-order valence-corrected chi connectivity index (χ0v) is 15.5. The van der Waals surface area contributed by atoms with Crippen molar-refractivity contribution in [1.29, 1.82) is 0 Å². The second-order valence-electron chi connectivity index (χ2n) is 8.97. The quantitative estimate of drug-likeness (QED) is 0.725. The van der Waals surface area contributed by atoms with Crippen molar-refractivity contribution >= 4 is 17.7 Å².